The Kier molecular flexibility index (Phi) is 4.54. The summed E-state index contributed by atoms with van der Waals surface area (Å²) in [5, 5.41) is 28.3. The number of phenols is 1. The van der Waals surface area contributed by atoms with Crippen LogP contribution in [-0.4, -0.2) is 33.8 Å². The molecule has 3 aromatic rings. The van der Waals surface area contributed by atoms with E-state index < -0.39 is 0 Å². The molecule has 0 amide bonds. The molecule has 0 saturated carbocycles. The van der Waals surface area contributed by atoms with Crippen LogP contribution >= 0.6 is 11.3 Å². The molecule has 0 unspecified atom stereocenters. The number of aromatic hydroxyl groups is 2. The second kappa shape index (κ2) is 7.16. The zero-order chi connectivity index (χ0) is 19.7. The highest BCUT2D eigenvalue weighted by molar-refractivity contribution is 7.10. The van der Waals surface area contributed by atoms with Gasteiger partial charge in [0.2, 0.25) is 5.88 Å². The van der Waals surface area contributed by atoms with Gasteiger partial charge >= 0.3 is 4.87 Å². The van der Waals surface area contributed by atoms with Crippen molar-refractivity contribution in [3.8, 4) is 23.1 Å². The van der Waals surface area contributed by atoms with E-state index in [9.17, 15) is 15.0 Å². The summed E-state index contributed by atoms with van der Waals surface area (Å²) in [6.07, 6.45) is 3.24. The van der Waals surface area contributed by atoms with Gasteiger partial charge < -0.3 is 14.9 Å². The minimum absolute atomic E-state index is 0.00626. The van der Waals surface area contributed by atoms with Crippen molar-refractivity contribution in [2.45, 2.75) is 0 Å². The number of thiazole rings is 1. The standard InChI is InChI=1S/C20H15N3O4S/c1-27-16-7-5-12(6-8-16)18-13(11-21-22-18)9-17-19(25)23(20(26)28-17)14-3-2-4-15(24)10-14/h2-11,24-25H,1H3/b13-9+. The lowest BCUT2D eigenvalue weighted by molar-refractivity contribution is 0.415. The largest absolute Gasteiger partial charge is 0.508 e. The maximum Gasteiger partial charge on any atom is 0.315 e. The van der Waals surface area contributed by atoms with Gasteiger partial charge in [-0.3, -0.25) is 4.79 Å². The summed E-state index contributed by atoms with van der Waals surface area (Å²) in [7, 11) is 1.60. The van der Waals surface area contributed by atoms with Crippen LogP contribution in [0.15, 0.2) is 69.1 Å². The molecule has 0 radical (unpaired) electrons. The van der Waals surface area contributed by atoms with Gasteiger partial charge in [0.05, 0.1) is 23.9 Å². The minimum atomic E-state index is -0.368. The number of rotatable bonds is 4. The van der Waals surface area contributed by atoms with Crippen LogP contribution in [-0.2, 0) is 0 Å². The second-order valence-electron chi connectivity index (χ2n) is 5.93. The zero-order valence-electron chi connectivity index (χ0n) is 14.7. The number of phenolic OH excluding ortho intramolecular Hbond substituents is 1. The van der Waals surface area contributed by atoms with Gasteiger partial charge in [-0.1, -0.05) is 17.4 Å². The molecule has 2 aromatic carbocycles. The molecule has 0 aliphatic carbocycles. The first-order valence-corrected chi connectivity index (χ1v) is 9.10. The van der Waals surface area contributed by atoms with Crippen molar-refractivity contribution >= 4 is 29.3 Å². The van der Waals surface area contributed by atoms with Crippen LogP contribution in [0.5, 0.6) is 17.4 Å². The fourth-order valence-corrected chi connectivity index (χ4v) is 3.66. The van der Waals surface area contributed by atoms with E-state index in [2.05, 4.69) is 10.2 Å². The van der Waals surface area contributed by atoms with Crippen LogP contribution in [0.4, 0.5) is 0 Å². The van der Waals surface area contributed by atoms with E-state index in [0.717, 1.165) is 27.2 Å². The number of methoxy groups -OCH3 is 1. The highest BCUT2D eigenvalue weighted by Gasteiger charge is 2.18. The monoisotopic (exact) mass is 393 g/mol. The van der Waals surface area contributed by atoms with E-state index in [1.54, 1.807) is 31.5 Å². The lowest BCUT2D eigenvalue weighted by Crippen LogP contribution is -2.09. The zero-order valence-corrected chi connectivity index (χ0v) is 15.6. The van der Waals surface area contributed by atoms with Gasteiger partial charge in [-0.2, -0.15) is 5.10 Å². The third-order valence-corrected chi connectivity index (χ3v) is 5.06. The molecule has 4 rings (SSSR count). The number of hydrogen-bond acceptors (Lipinski definition) is 7. The number of allylic oxidation sites excluding steroid dienone is 1. The van der Waals surface area contributed by atoms with Crippen LogP contribution in [0.1, 0.15) is 10.4 Å². The predicted molar refractivity (Wildman–Crippen MR) is 109 cm³/mol. The highest BCUT2D eigenvalue weighted by atomic mass is 32.1. The molecule has 0 atom stereocenters. The molecule has 1 aliphatic rings. The van der Waals surface area contributed by atoms with E-state index in [1.807, 2.05) is 24.3 Å². The van der Waals surface area contributed by atoms with Gasteiger partial charge in [0.1, 0.15) is 17.2 Å². The molecule has 28 heavy (non-hydrogen) atoms. The lowest BCUT2D eigenvalue weighted by Gasteiger charge is -2.05. The molecule has 2 N–H and O–H groups in total. The van der Waals surface area contributed by atoms with Crippen molar-refractivity contribution in [3.05, 3.63) is 74.2 Å². The molecule has 0 fully saturated rings. The van der Waals surface area contributed by atoms with E-state index in [1.165, 1.54) is 12.1 Å². The summed E-state index contributed by atoms with van der Waals surface area (Å²) in [4.78, 5) is 12.4. The van der Waals surface area contributed by atoms with Gasteiger partial charge in [-0.25, -0.2) is 4.57 Å². The molecule has 7 nitrogen and oxygen atoms in total. The Morgan fingerprint density at radius 2 is 1.93 bits per heavy atom. The molecule has 0 spiro atoms. The Hall–Kier alpha value is -3.65. The van der Waals surface area contributed by atoms with Gasteiger partial charge in [0.15, 0.2) is 0 Å². The molecule has 140 valence electrons. The molecule has 2 heterocycles. The first-order valence-electron chi connectivity index (χ1n) is 8.28. The Morgan fingerprint density at radius 1 is 1.14 bits per heavy atom. The molecule has 8 heteroatoms. The van der Waals surface area contributed by atoms with E-state index in [-0.39, 0.29) is 16.5 Å². The number of ether oxygens (including phenoxy) is 1. The van der Waals surface area contributed by atoms with Crippen molar-refractivity contribution in [1.82, 2.24) is 4.57 Å². The highest BCUT2D eigenvalue weighted by Crippen LogP contribution is 2.28. The van der Waals surface area contributed by atoms with Crippen LogP contribution in [0, 0.1) is 0 Å². The predicted octanol–water partition coefficient (Wildman–Crippen LogP) is 3.19. The summed E-state index contributed by atoms with van der Waals surface area (Å²) in [6.45, 7) is 0. The van der Waals surface area contributed by atoms with Crippen LogP contribution in [0.2, 0.25) is 0 Å². The smallest absolute Gasteiger partial charge is 0.315 e. The topological polar surface area (TPSA) is 96.4 Å². The van der Waals surface area contributed by atoms with Crippen molar-refractivity contribution in [3.63, 3.8) is 0 Å². The van der Waals surface area contributed by atoms with Gasteiger partial charge in [0.25, 0.3) is 0 Å². The van der Waals surface area contributed by atoms with Crippen molar-refractivity contribution in [2.75, 3.05) is 7.11 Å². The third-order valence-electron chi connectivity index (χ3n) is 4.18. The molecule has 1 aliphatic heterocycles. The molecular weight excluding hydrogens is 378 g/mol. The van der Waals surface area contributed by atoms with Crippen LogP contribution < -0.4 is 9.61 Å². The number of nitrogens with zero attached hydrogens (tertiary/aromatic N) is 3. The fourth-order valence-electron chi connectivity index (χ4n) is 2.82. The van der Waals surface area contributed by atoms with E-state index in [0.29, 0.717) is 21.8 Å². The SMILES string of the molecule is COc1ccc(C2=NN=C/C2=C\c2sc(=O)n(-c3cccc(O)c3)c2O)cc1. The molecule has 0 bridgehead atoms. The maximum absolute atomic E-state index is 12.4. The Morgan fingerprint density at radius 3 is 2.64 bits per heavy atom. The third kappa shape index (κ3) is 3.21. The first-order chi connectivity index (χ1) is 13.6. The summed E-state index contributed by atoms with van der Waals surface area (Å²) in [6, 6.07) is 13.5. The summed E-state index contributed by atoms with van der Waals surface area (Å²) >= 11 is 0.895. The van der Waals surface area contributed by atoms with Crippen molar-refractivity contribution in [1.29, 1.82) is 0 Å². The van der Waals surface area contributed by atoms with Crippen molar-refractivity contribution < 1.29 is 14.9 Å². The molecular formula is C20H15N3O4S. The van der Waals surface area contributed by atoms with E-state index >= 15 is 0 Å². The van der Waals surface area contributed by atoms with Gasteiger partial charge in [-0.15, -0.1) is 5.10 Å². The molecule has 1 aromatic heterocycles. The summed E-state index contributed by atoms with van der Waals surface area (Å²) in [5.74, 6) is 0.530. The van der Waals surface area contributed by atoms with Crippen LogP contribution in [0.3, 0.4) is 0 Å². The number of benzene rings is 2. The number of aromatic nitrogens is 1. The Labute approximate surface area is 163 Å². The Balaban J connectivity index is 1.73. The average Bonchev–Trinajstić information content (AvgIpc) is 3.26. The number of hydrogen-bond donors (Lipinski definition) is 2. The lowest BCUT2D eigenvalue weighted by atomic mass is 10.0. The van der Waals surface area contributed by atoms with E-state index in [4.69, 9.17) is 4.74 Å². The van der Waals surface area contributed by atoms with Crippen LogP contribution in [0.25, 0.3) is 11.8 Å². The Bertz CT molecular complexity index is 1190. The summed E-state index contributed by atoms with van der Waals surface area (Å²) in [5.41, 5.74) is 2.52. The minimum Gasteiger partial charge on any atom is -0.508 e. The maximum atomic E-state index is 12.4. The second-order valence-corrected chi connectivity index (χ2v) is 6.93. The first kappa shape index (κ1) is 17.7. The average molecular weight is 393 g/mol. The quantitative estimate of drug-likeness (QED) is 0.711. The van der Waals surface area contributed by atoms with Gasteiger partial charge in [-0.05, 0) is 42.5 Å². The van der Waals surface area contributed by atoms with Gasteiger partial charge in [0, 0.05) is 17.2 Å². The van der Waals surface area contributed by atoms with Crippen molar-refractivity contribution in [2.24, 2.45) is 10.2 Å². The molecule has 0 saturated heterocycles. The summed E-state index contributed by atoms with van der Waals surface area (Å²) < 4.78 is 6.31. The fraction of sp³-hybridized carbons (Fsp3) is 0.0500. The normalized spacial score (nSPS) is 14.5.